The summed E-state index contributed by atoms with van der Waals surface area (Å²) >= 11 is 0. The van der Waals surface area contributed by atoms with Crippen LogP contribution in [0.3, 0.4) is 0 Å². The number of piperidine rings is 1. The third-order valence-corrected chi connectivity index (χ3v) is 5.31. The number of pyridine rings is 1. The normalized spacial score (nSPS) is 21.6. The molecule has 1 aromatic heterocycles. The lowest BCUT2D eigenvalue weighted by atomic mass is 9.73. The van der Waals surface area contributed by atoms with Gasteiger partial charge in [0.1, 0.15) is 17.1 Å². The average Bonchev–Trinajstić information content (AvgIpc) is 2.71. The van der Waals surface area contributed by atoms with Gasteiger partial charge in [-0.1, -0.05) is 12.1 Å². The van der Waals surface area contributed by atoms with Crippen molar-refractivity contribution in [3.63, 3.8) is 0 Å². The molecule has 3 N–H and O–H groups in total. The van der Waals surface area contributed by atoms with Gasteiger partial charge in [-0.05, 0) is 49.6 Å². The van der Waals surface area contributed by atoms with Gasteiger partial charge in [0.15, 0.2) is 0 Å². The van der Waals surface area contributed by atoms with Crippen LogP contribution >= 0.6 is 0 Å². The van der Waals surface area contributed by atoms with Crippen molar-refractivity contribution in [1.29, 1.82) is 0 Å². The first-order valence-corrected chi connectivity index (χ1v) is 9.51. The van der Waals surface area contributed by atoms with E-state index in [1.807, 2.05) is 6.92 Å². The Morgan fingerprint density at radius 1 is 1.28 bits per heavy atom. The molecule has 7 nitrogen and oxygen atoms in total. The van der Waals surface area contributed by atoms with Crippen LogP contribution in [0.1, 0.15) is 29.3 Å². The number of aliphatic carboxylic acids is 1. The highest BCUT2D eigenvalue weighted by Gasteiger charge is 2.49. The highest BCUT2D eigenvalue weighted by Crippen LogP contribution is 2.36. The highest BCUT2D eigenvalue weighted by molar-refractivity contribution is 5.94. The number of halogens is 1. The van der Waals surface area contributed by atoms with E-state index in [-0.39, 0.29) is 25.3 Å². The number of benzene rings is 1. The lowest BCUT2D eigenvalue weighted by molar-refractivity contribution is -0.157. The number of carboxylic acid groups (broad SMARTS) is 1. The van der Waals surface area contributed by atoms with Crippen LogP contribution < -0.4 is 10.2 Å². The molecular formula is C21H24FN3O4. The van der Waals surface area contributed by atoms with Crippen LogP contribution in [-0.2, 0) is 11.2 Å². The second kappa shape index (κ2) is 8.57. The molecule has 1 aliphatic heterocycles. The van der Waals surface area contributed by atoms with Crippen LogP contribution in [-0.4, -0.2) is 52.8 Å². The Labute approximate surface area is 168 Å². The van der Waals surface area contributed by atoms with E-state index >= 15 is 0 Å². The molecule has 0 unspecified atom stereocenters. The van der Waals surface area contributed by atoms with Gasteiger partial charge in [-0.15, -0.1) is 0 Å². The number of aliphatic hydroxyl groups excluding tert-OH is 1. The molecule has 0 saturated carbocycles. The van der Waals surface area contributed by atoms with Crippen molar-refractivity contribution in [2.75, 3.05) is 24.5 Å². The summed E-state index contributed by atoms with van der Waals surface area (Å²) in [5.74, 6) is -1.20. The maximum atomic E-state index is 13.2. The Morgan fingerprint density at radius 3 is 2.59 bits per heavy atom. The minimum absolute atomic E-state index is 0.0500. The zero-order valence-corrected chi connectivity index (χ0v) is 16.1. The van der Waals surface area contributed by atoms with Crippen molar-refractivity contribution >= 4 is 17.7 Å². The van der Waals surface area contributed by atoms with Crippen molar-refractivity contribution in [1.82, 2.24) is 10.3 Å². The third-order valence-electron chi connectivity index (χ3n) is 5.31. The van der Waals surface area contributed by atoms with Gasteiger partial charge in [-0.2, -0.15) is 0 Å². The molecule has 1 amide bonds. The molecule has 2 heterocycles. The number of aromatic nitrogens is 1. The Balaban J connectivity index is 1.84. The second-order valence-corrected chi connectivity index (χ2v) is 7.26. The quantitative estimate of drug-likeness (QED) is 0.683. The molecule has 1 aliphatic rings. The molecule has 1 aromatic carbocycles. The monoisotopic (exact) mass is 401 g/mol. The average molecular weight is 401 g/mol. The highest BCUT2D eigenvalue weighted by atomic mass is 19.1. The summed E-state index contributed by atoms with van der Waals surface area (Å²) in [5, 5.41) is 23.3. The summed E-state index contributed by atoms with van der Waals surface area (Å²) in [6, 6.07) is 8.93. The molecule has 1 fully saturated rings. The Kier molecular flexibility index (Phi) is 6.12. The van der Waals surface area contributed by atoms with Gasteiger partial charge in [-0.3, -0.25) is 9.59 Å². The zero-order valence-electron chi connectivity index (χ0n) is 16.1. The topological polar surface area (TPSA) is 103 Å². The number of nitrogens with zero attached hydrogens (tertiary/aromatic N) is 2. The predicted molar refractivity (Wildman–Crippen MR) is 105 cm³/mol. The van der Waals surface area contributed by atoms with Crippen LogP contribution in [0.15, 0.2) is 42.6 Å². The van der Waals surface area contributed by atoms with Crippen molar-refractivity contribution in [2.45, 2.75) is 25.9 Å². The zero-order chi connectivity index (χ0) is 21.0. The van der Waals surface area contributed by atoms with Gasteiger partial charge < -0.3 is 20.4 Å². The first kappa shape index (κ1) is 20.7. The summed E-state index contributed by atoms with van der Waals surface area (Å²) in [5.41, 5.74) is -0.395. The van der Waals surface area contributed by atoms with E-state index in [9.17, 15) is 24.2 Å². The molecule has 154 valence electrons. The van der Waals surface area contributed by atoms with Gasteiger partial charge in [-0.25, -0.2) is 9.37 Å². The van der Waals surface area contributed by atoms with Crippen LogP contribution in [0.5, 0.6) is 0 Å². The number of aliphatic hydroxyl groups is 1. The Morgan fingerprint density at radius 2 is 2.00 bits per heavy atom. The van der Waals surface area contributed by atoms with E-state index in [1.165, 1.54) is 30.5 Å². The molecule has 0 spiro atoms. The van der Waals surface area contributed by atoms with E-state index in [0.29, 0.717) is 30.0 Å². The smallest absolute Gasteiger partial charge is 0.314 e. The number of anilines is 1. The van der Waals surface area contributed by atoms with E-state index in [1.54, 1.807) is 17.0 Å². The van der Waals surface area contributed by atoms with E-state index in [0.717, 1.165) is 0 Å². The molecule has 29 heavy (non-hydrogen) atoms. The molecule has 0 radical (unpaired) electrons. The van der Waals surface area contributed by atoms with Crippen molar-refractivity contribution in [2.24, 2.45) is 5.41 Å². The molecule has 0 bridgehead atoms. The predicted octanol–water partition coefficient (Wildman–Crippen LogP) is 1.86. The van der Waals surface area contributed by atoms with E-state index in [2.05, 4.69) is 10.3 Å². The molecule has 8 heteroatoms. The molecule has 2 aromatic rings. The number of carbonyl (C=O) groups is 2. The standard InChI is InChI=1S/C21H24FN3O4/c1-2-23-19(27)15-5-8-18(24-12-15)25-10-9-17(26)21(13-25,20(28)29)11-14-3-6-16(22)7-4-14/h3-8,12,17,26H,2,9-11,13H2,1H3,(H,23,27)(H,28,29)/t17-,21-/m1/s1. The molecule has 0 aliphatic carbocycles. The summed E-state index contributed by atoms with van der Waals surface area (Å²) < 4.78 is 13.2. The fraction of sp³-hybridized carbons (Fsp3) is 0.381. The van der Waals surface area contributed by atoms with Crippen LogP contribution in [0.25, 0.3) is 0 Å². The number of carbonyl (C=O) groups excluding carboxylic acids is 1. The van der Waals surface area contributed by atoms with Crippen molar-refractivity contribution < 1.29 is 24.2 Å². The summed E-state index contributed by atoms with van der Waals surface area (Å²) in [6.45, 7) is 2.82. The summed E-state index contributed by atoms with van der Waals surface area (Å²) in [4.78, 5) is 30.2. The van der Waals surface area contributed by atoms with Crippen LogP contribution in [0, 0.1) is 11.2 Å². The first-order valence-electron chi connectivity index (χ1n) is 9.51. The summed E-state index contributed by atoms with van der Waals surface area (Å²) in [6.07, 6.45) is 0.731. The fourth-order valence-electron chi connectivity index (χ4n) is 3.67. The number of carboxylic acids is 1. The molecular weight excluding hydrogens is 377 g/mol. The van der Waals surface area contributed by atoms with Crippen molar-refractivity contribution in [3.05, 3.63) is 59.5 Å². The molecule has 2 atom stereocenters. The largest absolute Gasteiger partial charge is 0.481 e. The van der Waals surface area contributed by atoms with Crippen LogP contribution in [0.4, 0.5) is 10.2 Å². The minimum Gasteiger partial charge on any atom is -0.481 e. The Bertz CT molecular complexity index is 872. The van der Waals surface area contributed by atoms with Gasteiger partial charge >= 0.3 is 5.97 Å². The first-order chi connectivity index (χ1) is 13.9. The van der Waals surface area contributed by atoms with E-state index in [4.69, 9.17) is 0 Å². The van der Waals surface area contributed by atoms with Gasteiger partial charge in [0.2, 0.25) is 0 Å². The van der Waals surface area contributed by atoms with Crippen molar-refractivity contribution in [3.8, 4) is 0 Å². The number of amides is 1. The van der Waals surface area contributed by atoms with E-state index < -0.39 is 23.3 Å². The number of hydrogen-bond donors (Lipinski definition) is 3. The molecule has 3 rings (SSSR count). The van der Waals surface area contributed by atoms with Gasteiger partial charge in [0.25, 0.3) is 5.91 Å². The second-order valence-electron chi connectivity index (χ2n) is 7.26. The van der Waals surface area contributed by atoms with Crippen LogP contribution in [0.2, 0.25) is 0 Å². The molecule has 1 saturated heterocycles. The third kappa shape index (κ3) is 4.37. The lowest BCUT2D eigenvalue weighted by Gasteiger charge is -2.44. The lowest BCUT2D eigenvalue weighted by Crippen LogP contribution is -2.57. The fourth-order valence-corrected chi connectivity index (χ4v) is 3.67. The van der Waals surface area contributed by atoms with Gasteiger partial charge in [0.05, 0.1) is 11.7 Å². The number of hydrogen-bond acceptors (Lipinski definition) is 5. The minimum atomic E-state index is -1.45. The SMILES string of the molecule is CCNC(=O)c1ccc(N2CC[C@@H](O)[C@](Cc3ccc(F)cc3)(C(=O)O)C2)nc1. The maximum absolute atomic E-state index is 13.2. The maximum Gasteiger partial charge on any atom is 0.314 e. The number of rotatable bonds is 6. The van der Waals surface area contributed by atoms with Gasteiger partial charge in [0, 0.05) is 25.8 Å². The number of nitrogens with one attached hydrogen (secondary N) is 1. The Hall–Kier alpha value is -3.00. The summed E-state index contributed by atoms with van der Waals surface area (Å²) in [7, 11) is 0.